The maximum atomic E-state index is 13.2. The molecule has 145 heavy (non-hydrogen) atoms. The number of benzene rings is 10. The van der Waals surface area contributed by atoms with E-state index in [1.807, 2.05) is 115 Å². The monoisotopic (exact) mass is 1980 g/mol. The Labute approximate surface area is 836 Å². The van der Waals surface area contributed by atoms with Crippen molar-refractivity contribution in [2.24, 2.45) is 0 Å². The molecule has 5 fully saturated rings. The van der Waals surface area contributed by atoms with Crippen LogP contribution in [0.3, 0.4) is 0 Å². The van der Waals surface area contributed by atoms with Crippen molar-refractivity contribution >= 4 is 116 Å². The number of non-ortho nitro benzene ring substituents is 2. The Balaban J connectivity index is 0.000000130. The Kier molecular flexibility index (Phi) is 33.3. The van der Waals surface area contributed by atoms with Crippen LogP contribution >= 0.6 is 11.6 Å². The summed E-state index contributed by atoms with van der Waals surface area (Å²) < 4.78 is 26.8. The van der Waals surface area contributed by atoms with Crippen LogP contribution in [0.1, 0.15) is 110 Å². The number of nitro groups is 3. The fourth-order valence-electron chi connectivity index (χ4n) is 17.5. The summed E-state index contributed by atoms with van der Waals surface area (Å²) in [5.74, 6) is -1.07. The van der Waals surface area contributed by atoms with Crippen LogP contribution in [-0.4, -0.2) is 205 Å². The summed E-state index contributed by atoms with van der Waals surface area (Å²) in [6, 6.07) is 65.7. The number of nitrogens with zero attached hydrogens (tertiary/aromatic N) is 8. The Morgan fingerprint density at radius 3 is 0.807 bits per heavy atom. The molecule has 10 aromatic carbocycles. The van der Waals surface area contributed by atoms with E-state index in [1.54, 1.807) is 78.9 Å². The molecule has 10 aromatic rings. The molecule has 10 aliphatic heterocycles. The summed E-state index contributed by atoms with van der Waals surface area (Å²) in [5.41, 5.74) is 12.2. The second-order valence-electron chi connectivity index (χ2n) is 34.1. The van der Waals surface area contributed by atoms with Gasteiger partial charge in [0.1, 0.15) is 0 Å². The highest BCUT2D eigenvalue weighted by Gasteiger charge is 2.37. The second-order valence-corrected chi connectivity index (χ2v) is 34.5. The average Bonchev–Trinajstić information content (AvgIpc) is 0.792. The quantitative estimate of drug-likeness (QED) is 0.0161. The zero-order chi connectivity index (χ0) is 101. The maximum Gasteiger partial charge on any atom is 0.319 e. The van der Waals surface area contributed by atoms with Crippen LogP contribution in [0.4, 0.5) is 69.5 Å². The molecule has 0 aromatic heterocycles. The van der Waals surface area contributed by atoms with Crippen LogP contribution < -0.4 is 77.7 Å². The first-order valence-corrected chi connectivity index (χ1v) is 47.1. The molecule has 10 heterocycles. The molecule has 5 unspecified atom stereocenters. The molecule has 10 amide bonds. The van der Waals surface area contributed by atoms with Crippen LogP contribution in [0.2, 0.25) is 5.02 Å². The molecule has 0 bridgehead atoms. The molecule has 39 nitrogen and oxygen atoms in total. The van der Waals surface area contributed by atoms with E-state index in [1.165, 1.54) is 85.6 Å². The van der Waals surface area contributed by atoms with E-state index in [9.17, 15) is 78.3 Å². The number of nitro benzene ring substituents is 3. The van der Waals surface area contributed by atoms with Crippen LogP contribution in [0, 0.1) is 30.3 Å². The lowest BCUT2D eigenvalue weighted by atomic mass is 9.91. The van der Waals surface area contributed by atoms with Crippen LogP contribution in [-0.2, 0) is 23.7 Å². The Hall–Kier alpha value is -17.1. The number of amides is 10. The van der Waals surface area contributed by atoms with Crippen LogP contribution in [0.25, 0.3) is 0 Å². The van der Waals surface area contributed by atoms with Gasteiger partial charge in [0.25, 0.3) is 17.1 Å². The Morgan fingerprint density at radius 2 is 0.517 bits per heavy atom. The molecular weight excluding hydrogens is 1880 g/mol. The molecule has 10 aliphatic rings. The predicted octanol–water partition coefficient (Wildman–Crippen LogP) is 13.6. The Morgan fingerprint density at radius 1 is 0.269 bits per heavy atom. The van der Waals surface area contributed by atoms with Gasteiger partial charge in [0.2, 0.25) is 0 Å². The fourth-order valence-corrected chi connectivity index (χ4v) is 17.7. The van der Waals surface area contributed by atoms with Gasteiger partial charge in [-0.15, -0.1) is 0 Å². The topological polar surface area (TPSA) is 483 Å². The second kappa shape index (κ2) is 47.9. The van der Waals surface area contributed by atoms with E-state index in [4.69, 9.17) is 35.3 Å². The third-order valence-electron chi connectivity index (χ3n) is 25.2. The number of hydrogen-bond acceptors (Lipinski definition) is 26. The van der Waals surface area contributed by atoms with Crippen molar-refractivity contribution in [1.82, 2.24) is 53.2 Å². The van der Waals surface area contributed by atoms with Crippen molar-refractivity contribution in [3.05, 3.63) is 399 Å². The number of ether oxygens (including phenoxy) is 5. The highest BCUT2D eigenvalue weighted by Crippen LogP contribution is 2.38. The maximum absolute atomic E-state index is 13.2. The third kappa shape index (κ3) is 25.4. The van der Waals surface area contributed by atoms with E-state index in [0.29, 0.717) is 119 Å². The number of Topliss-reactive ketones (excluding diaryl/α,β-unsaturated/α-hetero) is 5. The number of hydrogen-bond donors (Lipinski definition) is 10. The minimum atomic E-state index is -0.924. The molecule has 0 aliphatic carbocycles. The van der Waals surface area contributed by atoms with E-state index in [2.05, 4.69) is 77.7 Å². The zero-order valence-electron chi connectivity index (χ0n) is 78.1. The molecule has 744 valence electrons. The summed E-state index contributed by atoms with van der Waals surface area (Å²) in [6.45, 7) is 15.0. The lowest BCUT2D eigenvalue weighted by Crippen LogP contribution is -2.42. The first kappa shape index (κ1) is 101. The van der Waals surface area contributed by atoms with E-state index >= 15 is 0 Å². The van der Waals surface area contributed by atoms with Crippen molar-refractivity contribution in [3.63, 3.8) is 0 Å². The number of halogens is 1. The van der Waals surface area contributed by atoms with Gasteiger partial charge in [-0.1, -0.05) is 78.3 Å². The first-order valence-electron chi connectivity index (χ1n) is 46.7. The molecule has 0 saturated carbocycles. The summed E-state index contributed by atoms with van der Waals surface area (Å²) in [4.78, 5) is 168. The lowest BCUT2D eigenvalue weighted by molar-refractivity contribution is -0.385. The van der Waals surface area contributed by atoms with Crippen LogP contribution in [0.15, 0.2) is 308 Å². The number of carbonyl (C=O) groups is 10. The van der Waals surface area contributed by atoms with Crippen molar-refractivity contribution < 1.29 is 86.4 Å². The largest absolute Gasteiger partial charge is 0.378 e. The van der Waals surface area contributed by atoms with Crippen LogP contribution in [0.5, 0.6) is 0 Å². The molecule has 5 atom stereocenters. The smallest absolute Gasteiger partial charge is 0.319 e. The number of ketones is 5. The molecule has 40 heteroatoms. The van der Waals surface area contributed by atoms with Gasteiger partial charge in [0.05, 0.1) is 117 Å². The number of carbonyl (C=O) groups excluding carboxylic acids is 10. The SMILES string of the molecule is O=C1NC=C(C(=O)c2ccc(N3CCOCC3)cc2)C(c2ccc(Cl)cc2)N1.O=C1NC=C(C(=O)c2ccc(N3CCOCC3)cc2)C(c2ccc([N+](=O)[O-])cc2)N1.O=C1NC=C(C(=O)c2ccc(N3CCOCC3)cc2)C(c2cccc([N+](=O)[O-])c2)N1.O=C1NC=C(C(=O)c2ccc(N3CCOCC3)cc2)C(c2ccccc2)N1.O=C1NC=C(C(=O)c2ccc(N3CCOCC3)cc2)C(c2ccccc2[N+](=O)[O-])N1. The zero-order valence-corrected chi connectivity index (χ0v) is 78.9. The fraction of sp³-hybridized carbons (Fsp3) is 0.238. The summed E-state index contributed by atoms with van der Waals surface area (Å²) in [6.07, 6.45) is 7.06. The number of nitrogens with one attached hydrogen (secondary N) is 10. The van der Waals surface area contributed by atoms with Gasteiger partial charge in [-0.05, 0) is 174 Å². The standard InChI is InChI=1S/C21H20ClN3O3.3C21H20N4O5.C21H21N3O3/c22-16-5-1-14(2-6-16)19-18(13-23-21(27)24-19)20(26)15-3-7-17(8-4-15)25-9-11-28-12-10-25;26-20(15-3-5-16(6-4-15)24-9-11-30-12-10-24)18-13-22-21(27)23-19(18)14-1-7-17(8-2-14)25(28)29;26-20(14-4-6-16(7-5-14)24-8-10-30-11-9-24)18-13-22-21(27)23-19(18)15-2-1-3-17(12-15)25(28)29;26-20(14-5-7-15(8-6-14)24-9-11-30-12-10-24)17-13-22-21(27)23-19(17)16-3-1-2-4-18(16)25(28)29;25-20(16-6-8-17(9-7-16)24-10-12-27-13-11-24)18-14-22-21(26)23-19(18)15-4-2-1-3-5-15/h1-8,13,19H,9-12H2,(H2,23,24,27);1-8,13,19H,9-12H2,(H2,22,23,27);1-7,12-13,19H,8-11H2,(H2,22,23,27);1-8,13,19H,9-12H2,(H2,22,23,27);1-9,14,19H,10-13H2,(H2,22,23,26). The molecule has 0 spiro atoms. The molecule has 0 radical (unpaired) electrons. The van der Waals surface area contributed by atoms with Gasteiger partial charge in [0, 0.05) is 216 Å². The molecule has 10 N–H and O–H groups in total. The summed E-state index contributed by atoms with van der Waals surface area (Å²) in [5, 5.41) is 60.3. The molecule has 20 rings (SSSR count). The number of rotatable bonds is 23. The minimum Gasteiger partial charge on any atom is -0.378 e. The normalized spacial score (nSPS) is 19.1. The number of urea groups is 5. The van der Waals surface area contributed by atoms with Gasteiger partial charge in [-0.3, -0.25) is 54.3 Å². The first-order chi connectivity index (χ1) is 70.4. The highest BCUT2D eigenvalue weighted by molar-refractivity contribution is 6.30. The van der Waals surface area contributed by atoms with E-state index in [0.717, 1.165) is 118 Å². The van der Waals surface area contributed by atoms with Gasteiger partial charge in [-0.2, -0.15) is 0 Å². The van der Waals surface area contributed by atoms with E-state index < -0.39 is 63.1 Å². The van der Waals surface area contributed by atoms with E-state index in [-0.39, 0.29) is 69.2 Å². The molecular formula is C105H101ClN18O21. The van der Waals surface area contributed by atoms with Crippen molar-refractivity contribution in [3.8, 4) is 0 Å². The van der Waals surface area contributed by atoms with Crippen molar-refractivity contribution in [2.45, 2.75) is 30.2 Å². The predicted molar refractivity (Wildman–Crippen MR) is 539 cm³/mol. The minimum absolute atomic E-state index is 0.0606. The van der Waals surface area contributed by atoms with Gasteiger partial charge < -0.3 is 101 Å². The van der Waals surface area contributed by atoms with Crippen molar-refractivity contribution in [2.75, 3.05) is 156 Å². The van der Waals surface area contributed by atoms with Gasteiger partial charge in [-0.25, -0.2) is 24.0 Å². The number of para-hydroxylation sites is 1. The molecule has 5 saturated heterocycles. The highest BCUT2D eigenvalue weighted by atomic mass is 35.5. The summed E-state index contributed by atoms with van der Waals surface area (Å²) >= 11 is 5.96. The van der Waals surface area contributed by atoms with Crippen molar-refractivity contribution in [1.29, 1.82) is 0 Å². The summed E-state index contributed by atoms with van der Waals surface area (Å²) in [7, 11) is 0. The van der Waals surface area contributed by atoms with Gasteiger partial charge in [0.15, 0.2) is 28.9 Å². The third-order valence-corrected chi connectivity index (χ3v) is 25.4. The average molecular weight is 1990 g/mol. The lowest BCUT2D eigenvalue weighted by Gasteiger charge is -2.29. The number of morpholine rings is 5. The Bertz CT molecular complexity index is 6630. The van der Waals surface area contributed by atoms with Gasteiger partial charge >= 0.3 is 30.2 Å². The number of anilines is 5.